The minimum absolute atomic E-state index is 0.166. The summed E-state index contributed by atoms with van der Waals surface area (Å²) in [6.45, 7) is 2.57. The van der Waals surface area contributed by atoms with E-state index in [9.17, 15) is 9.59 Å². The Balaban J connectivity index is 2.47. The number of amides is 1. The van der Waals surface area contributed by atoms with Gasteiger partial charge in [0, 0.05) is 27.3 Å². The number of carbonyl (C=O) groups excluding carboxylic acids is 2. The number of anilines is 1. The lowest BCUT2D eigenvalue weighted by Gasteiger charge is -2.07. The van der Waals surface area contributed by atoms with Crippen LogP contribution in [0.2, 0.25) is 0 Å². The first-order valence-corrected chi connectivity index (χ1v) is 6.75. The van der Waals surface area contributed by atoms with Crippen molar-refractivity contribution in [3.05, 3.63) is 11.4 Å². The van der Waals surface area contributed by atoms with Crippen LogP contribution in [0.5, 0.6) is 0 Å². The maximum atomic E-state index is 11.9. The van der Waals surface area contributed by atoms with Gasteiger partial charge in [-0.15, -0.1) is 0 Å². The first-order valence-electron chi connectivity index (χ1n) is 6.75. The van der Waals surface area contributed by atoms with Crippen LogP contribution in [-0.4, -0.2) is 48.5 Å². The lowest BCUT2D eigenvalue weighted by atomic mass is 10.2. The number of aromatic nitrogens is 2. The second-order valence-corrected chi connectivity index (χ2v) is 4.46. The number of nitrogens with one attached hydrogen (secondary N) is 1. The second-order valence-electron chi connectivity index (χ2n) is 4.46. The van der Waals surface area contributed by atoms with E-state index in [1.54, 1.807) is 14.2 Å². The zero-order valence-corrected chi connectivity index (χ0v) is 12.6. The van der Waals surface area contributed by atoms with E-state index in [1.165, 1.54) is 4.68 Å². The molecule has 1 rings (SSSR count). The minimum Gasteiger partial charge on any atom is -0.451 e. The number of hydrogen-bond donors (Lipinski definition) is 2. The van der Waals surface area contributed by atoms with Crippen LogP contribution < -0.4 is 11.1 Å². The van der Waals surface area contributed by atoms with Crippen molar-refractivity contribution in [2.75, 3.05) is 32.6 Å². The number of carbonyl (C=O) groups is 2. The monoisotopic (exact) mass is 298 g/mol. The number of ether oxygens (including phenoxy) is 2. The van der Waals surface area contributed by atoms with Crippen molar-refractivity contribution in [3.63, 3.8) is 0 Å². The fourth-order valence-corrected chi connectivity index (χ4v) is 1.79. The van der Waals surface area contributed by atoms with Gasteiger partial charge in [-0.1, -0.05) is 6.92 Å². The zero-order valence-electron chi connectivity index (χ0n) is 12.6. The van der Waals surface area contributed by atoms with Gasteiger partial charge in [0.15, 0.2) is 12.3 Å². The van der Waals surface area contributed by atoms with Crippen molar-refractivity contribution in [1.29, 1.82) is 0 Å². The topological polar surface area (TPSA) is 108 Å². The van der Waals surface area contributed by atoms with Crippen molar-refractivity contribution in [1.82, 2.24) is 15.1 Å². The molecule has 1 heterocycles. The quantitative estimate of drug-likeness (QED) is 0.511. The molecule has 0 aliphatic carbocycles. The molecule has 1 aromatic heterocycles. The Kier molecular flexibility index (Phi) is 6.67. The van der Waals surface area contributed by atoms with Crippen LogP contribution in [0.4, 0.5) is 5.69 Å². The summed E-state index contributed by atoms with van der Waals surface area (Å²) in [5.41, 5.74) is 6.93. The Bertz CT molecular complexity index is 499. The molecule has 0 saturated carbocycles. The maximum absolute atomic E-state index is 11.9. The van der Waals surface area contributed by atoms with Crippen molar-refractivity contribution in [2.24, 2.45) is 7.05 Å². The summed E-state index contributed by atoms with van der Waals surface area (Å²) in [6.07, 6.45) is 1.32. The molecule has 21 heavy (non-hydrogen) atoms. The largest absolute Gasteiger partial charge is 0.451 e. The SMILES string of the molecule is CCc1nn(C)c(C(=O)OCC(=O)NCCCOC)c1N. The standard InChI is InChI=1S/C13H22N4O4/c1-4-9-11(14)12(17(2)16-9)13(19)21-8-10(18)15-6-5-7-20-3/h4-8,14H2,1-3H3,(H,15,18). The van der Waals surface area contributed by atoms with E-state index in [2.05, 4.69) is 10.4 Å². The fourth-order valence-electron chi connectivity index (χ4n) is 1.79. The lowest BCUT2D eigenvalue weighted by molar-refractivity contribution is -0.124. The van der Waals surface area contributed by atoms with Crippen molar-refractivity contribution in [3.8, 4) is 0 Å². The van der Waals surface area contributed by atoms with Gasteiger partial charge in [0.2, 0.25) is 0 Å². The molecule has 0 aliphatic rings. The van der Waals surface area contributed by atoms with Gasteiger partial charge in [0.05, 0.1) is 11.4 Å². The molecule has 0 fully saturated rings. The number of nitrogens with zero attached hydrogens (tertiary/aromatic N) is 2. The van der Waals surface area contributed by atoms with E-state index >= 15 is 0 Å². The van der Waals surface area contributed by atoms with E-state index < -0.39 is 5.97 Å². The summed E-state index contributed by atoms with van der Waals surface area (Å²) in [6, 6.07) is 0. The van der Waals surface area contributed by atoms with Crippen molar-refractivity contribution < 1.29 is 19.1 Å². The molecular weight excluding hydrogens is 276 g/mol. The van der Waals surface area contributed by atoms with Crippen LogP contribution in [0.25, 0.3) is 0 Å². The summed E-state index contributed by atoms with van der Waals surface area (Å²) < 4.78 is 11.2. The van der Waals surface area contributed by atoms with Gasteiger partial charge in [0.25, 0.3) is 5.91 Å². The van der Waals surface area contributed by atoms with Gasteiger partial charge in [-0.25, -0.2) is 4.79 Å². The number of rotatable bonds is 8. The van der Waals surface area contributed by atoms with E-state index in [4.69, 9.17) is 15.2 Å². The normalized spacial score (nSPS) is 10.4. The molecule has 118 valence electrons. The van der Waals surface area contributed by atoms with Crippen LogP contribution in [0.3, 0.4) is 0 Å². The highest BCUT2D eigenvalue weighted by Gasteiger charge is 2.21. The van der Waals surface area contributed by atoms with E-state index in [0.29, 0.717) is 37.4 Å². The van der Waals surface area contributed by atoms with Gasteiger partial charge >= 0.3 is 5.97 Å². The summed E-state index contributed by atoms with van der Waals surface area (Å²) in [5.74, 6) is -1.02. The predicted octanol–water partition coefficient (Wildman–Crippen LogP) is -0.126. The molecule has 0 aromatic carbocycles. The average Bonchev–Trinajstić information content (AvgIpc) is 2.75. The molecule has 0 spiro atoms. The molecule has 0 unspecified atom stereocenters. The third-order valence-electron chi connectivity index (χ3n) is 2.87. The summed E-state index contributed by atoms with van der Waals surface area (Å²) in [4.78, 5) is 23.4. The van der Waals surface area contributed by atoms with Crippen LogP contribution in [0.1, 0.15) is 29.5 Å². The molecular formula is C13H22N4O4. The number of nitrogen functional groups attached to an aromatic ring is 1. The zero-order chi connectivity index (χ0) is 15.8. The highest BCUT2D eigenvalue weighted by molar-refractivity contribution is 5.95. The van der Waals surface area contributed by atoms with Gasteiger partial charge < -0.3 is 20.5 Å². The number of aryl methyl sites for hydroxylation is 2. The number of esters is 1. The molecule has 1 amide bonds. The maximum Gasteiger partial charge on any atom is 0.359 e. The number of methoxy groups -OCH3 is 1. The van der Waals surface area contributed by atoms with Crippen molar-refractivity contribution >= 4 is 17.6 Å². The average molecular weight is 298 g/mol. The van der Waals surface area contributed by atoms with Crippen LogP contribution in [0, 0.1) is 0 Å². The minimum atomic E-state index is -0.658. The Labute approximate surface area is 123 Å². The Morgan fingerprint density at radius 3 is 2.71 bits per heavy atom. The molecule has 3 N–H and O–H groups in total. The summed E-state index contributed by atoms with van der Waals surface area (Å²) in [7, 11) is 3.20. The molecule has 8 heteroatoms. The van der Waals surface area contributed by atoms with Gasteiger partial charge in [-0.3, -0.25) is 9.48 Å². The van der Waals surface area contributed by atoms with E-state index in [0.717, 1.165) is 0 Å². The Morgan fingerprint density at radius 2 is 2.14 bits per heavy atom. The molecule has 0 aliphatic heterocycles. The van der Waals surface area contributed by atoms with Gasteiger partial charge in [0.1, 0.15) is 0 Å². The van der Waals surface area contributed by atoms with E-state index in [1.807, 2.05) is 6.92 Å². The molecule has 0 bridgehead atoms. The summed E-state index contributed by atoms with van der Waals surface area (Å²) in [5, 5.41) is 6.74. The lowest BCUT2D eigenvalue weighted by Crippen LogP contribution is -2.30. The first-order chi connectivity index (χ1) is 10.0. The van der Waals surface area contributed by atoms with Crippen LogP contribution in [0.15, 0.2) is 0 Å². The highest BCUT2D eigenvalue weighted by atomic mass is 16.5. The Morgan fingerprint density at radius 1 is 1.43 bits per heavy atom. The molecule has 0 radical (unpaired) electrons. The second kappa shape index (κ2) is 8.25. The smallest absolute Gasteiger partial charge is 0.359 e. The third-order valence-corrected chi connectivity index (χ3v) is 2.87. The van der Waals surface area contributed by atoms with Crippen molar-refractivity contribution in [2.45, 2.75) is 19.8 Å². The number of hydrogen-bond acceptors (Lipinski definition) is 6. The first kappa shape index (κ1) is 17.0. The van der Waals surface area contributed by atoms with E-state index in [-0.39, 0.29) is 18.2 Å². The number of nitrogens with two attached hydrogens (primary N) is 1. The Hall–Kier alpha value is -2.09. The molecule has 8 nitrogen and oxygen atoms in total. The molecule has 0 saturated heterocycles. The predicted molar refractivity (Wildman–Crippen MR) is 76.8 cm³/mol. The fraction of sp³-hybridized carbons (Fsp3) is 0.615. The molecule has 1 aromatic rings. The van der Waals surface area contributed by atoms with Crippen LogP contribution in [-0.2, 0) is 27.7 Å². The third kappa shape index (κ3) is 4.75. The highest BCUT2D eigenvalue weighted by Crippen LogP contribution is 2.17. The molecule has 0 atom stereocenters. The van der Waals surface area contributed by atoms with Gasteiger partial charge in [-0.05, 0) is 12.8 Å². The summed E-state index contributed by atoms with van der Waals surface area (Å²) >= 11 is 0. The van der Waals surface area contributed by atoms with Crippen LogP contribution >= 0.6 is 0 Å². The van der Waals surface area contributed by atoms with Gasteiger partial charge in [-0.2, -0.15) is 5.10 Å².